The summed E-state index contributed by atoms with van der Waals surface area (Å²) in [4.78, 5) is 0. The lowest BCUT2D eigenvalue weighted by molar-refractivity contribution is 0.434. The van der Waals surface area contributed by atoms with Crippen LogP contribution in [0.25, 0.3) is 0 Å². The highest BCUT2D eigenvalue weighted by molar-refractivity contribution is 6.30. The van der Waals surface area contributed by atoms with Crippen LogP contribution in [0.4, 0.5) is 0 Å². The molecule has 2 aromatic rings. The number of benzene rings is 1. The van der Waals surface area contributed by atoms with E-state index in [1.54, 1.807) is 0 Å². The van der Waals surface area contributed by atoms with E-state index in [1.807, 2.05) is 36.4 Å². The molecule has 0 spiro atoms. The SMILES string of the molecule is CCc1ccc(C(N)Cc2ccc(Cl)cc2)o1. The van der Waals surface area contributed by atoms with Crippen LogP contribution in [0.3, 0.4) is 0 Å². The summed E-state index contributed by atoms with van der Waals surface area (Å²) in [7, 11) is 0. The minimum Gasteiger partial charge on any atom is -0.464 e. The molecule has 17 heavy (non-hydrogen) atoms. The number of rotatable bonds is 4. The molecular weight excluding hydrogens is 234 g/mol. The van der Waals surface area contributed by atoms with Gasteiger partial charge in [-0.2, -0.15) is 0 Å². The van der Waals surface area contributed by atoms with Gasteiger partial charge in [-0.15, -0.1) is 0 Å². The molecule has 0 bridgehead atoms. The fourth-order valence-corrected chi connectivity index (χ4v) is 1.88. The first-order valence-corrected chi connectivity index (χ1v) is 6.15. The smallest absolute Gasteiger partial charge is 0.121 e. The second kappa shape index (κ2) is 5.39. The zero-order chi connectivity index (χ0) is 12.3. The van der Waals surface area contributed by atoms with Crippen molar-refractivity contribution < 1.29 is 4.42 Å². The van der Waals surface area contributed by atoms with Gasteiger partial charge in [0.05, 0.1) is 6.04 Å². The van der Waals surface area contributed by atoms with Crippen molar-refractivity contribution in [1.29, 1.82) is 0 Å². The standard InChI is InChI=1S/C14H16ClNO/c1-2-12-7-8-14(17-12)13(16)9-10-3-5-11(15)6-4-10/h3-8,13H,2,9,16H2,1H3. The van der Waals surface area contributed by atoms with E-state index in [0.717, 1.165) is 34.9 Å². The van der Waals surface area contributed by atoms with Gasteiger partial charge in [0.2, 0.25) is 0 Å². The quantitative estimate of drug-likeness (QED) is 0.897. The van der Waals surface area contributed by atoms with Crippen LogP contribution in [0, 0.1) is 0 Å². The summed E-state index contributed by atoms with van der Waals surface area (Å²) in [6.45, 7) is 2.06. The summed E-state index contributed by atoms with van der Waals surface area (Å²) in [6, 6.07) is 11.6. The molecule has 1 aromatic carbocycles. The van der Waals surface area contributed by atoms with Crippen molar-refractivity contribution in [1.82, 2.24) is 0 Å². The molecule has 1 unspecified atom stereocenters. The molecule has 0 saturated heterocycles. The van der Waals surface area contributed by atoms with Gasteiger partial charge >= 0.3 is 0 Å². The van der Waals surface area contributed by atoms with Crippen molar-refractivity contribution in [3.8, 4) is 0 Å². The summed E-state index contributed by atoms with van der Waals surface area (Å²) < 4.78 is 5.64. The minimum absolute atomic E-state index is 0.100. The van der Waals surface area contributed by atoms with Gasteiger partial charge in [0.15, 0.2) is 0 Å². The van der Waals surface area contributed by atoms with E-state index in [2.05, 4.69) is 6.92 Å². The summed E-state index contributed by atoms with van der Waals surface area (Å²) in [6.07, 6.45) is 1.65. The summed E-state index contributed by atoms with van der Waals surface area (Å²) in [5, 5.41) is 0.744. The van der Waals surface area contributed by atoms with Crippen LogP contribution < -0.4 is 5.73 Å². The zero-order valence-electron chi connectivity index (χ0n) is 9.82. The average Bonchev–Trinajstić information content (AvgIpc) is 2.81. The van der Waals surface area contributed by atoms with Gasteiger partial charge in [-0.05, 0) is 36.2 Å². The van der Waals surface area contributed by atoms with Gasteiger partial charge < -0.3 is 10.2 Å². The van der Waals surface area contributed by atoms with Gasteiger partial charge in [0.1, 0.15) is 11.5 Å². The molecule has 0 saturated carbocycles. The van der Waals surface area contributed by atoms with Crippen LogP contribution in [-0.2, 0) is 12.8 Å². The molecule has 0 aliphatic rings. The van der Waals surface area contributed by atoms with Gasteiger partial charge in [-0.1, -0.05) is 30.7 Å². The molecule has 2 nitrogen and oxygen atoms in total. The Hall–Kier alpha value is -1.25. The first kappa shape index (κ1) is 12.2. The first-order valence-electron chi connectivity index (χ1n) is 5.77. The Morgan fingerprint density at radius 2 is 1.88 bits per heavy atom. The Bertz CT molecular complexity index is 475. The highest BCUT2D eigenvalue weighted by Gasteiger charge is 2.11. The lowest BCUT2D eigenvalue weighted by Crippen LogP contribution is -2.12. The third-order valence-corrected chi connectivity index (χ3v) is 3.02. The van der Waals surface area contributed by atoms with Crippen molar-refractivity contribution in [3.05, 3.63) is 58.5 Å². The Balaban J connectivity index is 2.05. The van der Waals surface area contributed by atoms with Gasteiger partial charge in [0.25, 0.3) is 0 Å². The topological polar surface area (TPSA) is 39.2 Å². The van der Waals surface area contributed by atoms with Gasteiger partial charge in [-0.3, -0.25) is 0 Å². The van der Waals surface area contributed by atoms with Gasteiger partial charge in [-0.25, -0.2) is 0 Å². The first-order chi connectivity index (χ1) is 8.19. The molecule has 2 rings (SSSR count). The number of nitrogens with two attached hydrogens (primary N) is 1. The minimum atomic E-state index is -0.100. The number of hydrogen-bond acceptors (Lipinski definition) is 2. The Morgan fingerprint density at radius 1 is 1.18 bits per heavy atom. The highest BCUT2D eigenvalue weighted by atomic mass is 35.5. The van der Waals surface area contributed by atoms with Crippen LogP contribution in [0.1, 0.15) is 30.0 Å². The third kappa shape index (κ3) is 3.11. The molecule has 0 fully saturated rings. The molecule has 0 aliphatic heterocycles. The number of furan rings is 1. The van der Waals surface area contributed by atoms with E-state index in [4.69, 9.17) is 21.8 Å². The second-order valence-corrected chi connectivity index (χ2v) is 4.53. The molecule has 0 amide bonds. The highest BCUT2D eigenvalue weighted by Crippen LogP contribution is 2.20. The van der Waals surface area contributed by atoms with Crippen LogP contribution in [0.5, 0.6) is 0 Å². The summed E-state index contributed by atoms with van der Waals surface area (Å²) >= 11 is 5.84. The molecule has 0 radical (unpaired) electrons. The maximum absolute atomic E-state index is 6.11. The van der Waals surface area contributed by atoms with E-state index >= 15 is 0 Å². The third-order valence-electron chi connectivity index (χ3n) is 2.77. The predicted molar refractivity (Wildman–Crippen MR) is 70.2 cm³/mol. The molecule has 1 aromatic heterocycles. The van der Waals surface area contributed by atoms with E-state index in [0.29, 0.717) is 0 Å². The van der Waals surface area contributed by atoms with Crippen molar-refractivity contribution >= 4 is 11.6 Å². The lowest BCUT2D eigenvalue weighted by atomic mass is 10.1. The van der Waals surface area contributed by atoms with Crippen LogP contribution in [-0.4, -0.2) is 0 Å². The Kier molecular flexibility index (Phi) is 3.87. The van der Waals surface area contributed by atoms with E-state index in [9.17, 15) is 0 Å². The predicted octanol–water partition coefficient (Wildman–Crippen LogP) is 3.74. The number of hydrogen-bond donors (Lipinski definition) is 1. The molecule has 90 valence electrons. The fourth-order valence-electron chi connectivity index (χ4n) is 1.76. The van der Waals surface area contributed by atoms with Crippen LogP contribution in [0.2, 0.25) is 5.02 Å². The molecule has 1 atom stereocenters. The van der Waals surface area contributed by atoms with Crippen molar-refractivity contribution in [3.63, 3.8) is 0 Å². The van der Waals surface area contributed by atoms with Crippen molar-refractivity contribution in [2.45, 2.75) is 25.8 Å². The second-order valence-electron chi connectivity index (χ2n) is 4.09. The summed E-state index contributed by atoms with van der Waals surface area (Å²) in [5.41, 5.74) is 7.27. The van der Waals surface area contributed by atoms with E-state index in [1.165, 1.54) is 0 Å². The Morgan fingerprint density at radius 3 is 2.47 bits per heavy atom. The Labute approximate surface area is 106 Å². The molecule has 0 aliphatic carbocycles. The van der Waals surface area contributed by atoms with Crippen LogP contribution in [0.15, 0.2) is 40.8 Å². The molecule has 2 N–H and O–H groups in total. The maximum atomic E-state index is 6.11. The average molecular weight is 250 g/mol. The number of halogens is 1. The zero-order valence-corrected chi connectivity index (χ0v) is 10.6. The fraction of sp³-hybridized carbons (Fsp3) is 0.286. The molecule has 3 heteroatoms. The van der Waals surface area contributed by atoms with E-state index in [-0.39, 0.29) is 6.04 Å². The molecule has 1 heterocycles. The number of aryl methyl sites for hydroxylation is 1. The largest absolute Gasteiger partial charge is 0.464 e. The van der Waals surface area contributed by atoms with Crippen molar-refractivity contribution in [2.75, 3.05) is 0 Å². The lowest BCUT2D eigenvalue weighted by Gasteiger charge is -2.08. The maximum Gasteiger partial charge on any atom is 0.121 e. The normalized spacial score (nSPS) is 12.6. The monoisotopic (exact) mass is 249 g/mol. The molecular formula is C14H16ClNO. The van der Waals surface area contributed by atoms with Crippen LogP contribution >= 0.6 is 11.6 Å². The van der Waals surface area contributed by atoms with Gasteiger partial charge in [0, 0.05) is 11.4 Å². The van der Waals surface area contributed by atoms with Crippen molar-refractivity contribution in [2.24, 2.45) is 5.73 Å². The summed E-state index contributed by atoms with van der Waals surface area (Å²) in [5.74, 6) is 1.82. The van der Waals surface area contributed by atoms with E-state index < -0.39 is 0 Å².